The Morgan fingerprint density at radius 3 is 2.59 bits per heavy atom. The zero-order valence-corrected chi connectivity index (χ0v) is 9.73. The molecule has 1 aliphatic heterocycles. The molecule has 1 heterocycles. The normalized spacial score (nSPS) is 18.0. The van der Waals surface area contributed by atoms with Gasteiger partial charge in [0.15, 0.2) is 5.79 Å². The molecule has 6 nitrogen and oxygen atoms in total. The molecule has 0 amide bonds. The molecule has 1 fully saturated rings. The minimum Gasteiger partial charge on any atom is -0.383 e. The summed E-state index contributed by atoms with van der Waals surface area (Å²) >= 11 is 0. The second kappa shape index (κ2) is 4.31. The van der Waals surface area contributed by atoms with E-state index in [9.17, 15) is 10.1 Å². The van der Waals surface area contributed by atoms with E-state index in [1.807, 2.05) is 0 Å². The van der Waals surface area contributed by atoms with Gasteiger partial charge in [-0.1, -0.05) is 6.07 Å². The molecule has 17 heavy (non-hydrogen) atoms. The van der Waals surface area contributed by atoms with Gasteiger partial charge in [-0.05, 0) is 13.0 Å². The topological polar surface area (TPSA) is 73.6 Å². The molecule has 0 bridgehead atoms. The van der Waals surface area contributed by atoms with Crippen molar-refractivity contribution in [2.45, 2.75) is 12.7 Å². The van der Waals surface area contributed by atoms with Crippen LogP contribution in [0.3, 0.4) is 0 Å². The number of anilines is 1. The Morgan fingerprint density at radius 1 is 1.41 bits per heavy atom. The van der Waals surface area contributed by atoms with Crippen molar-refractivity contribution >= 4 is 11.4 Å². The van der Waals surface area contributed by atoms with E-state index < -0.39 is 10.7 Å². The summed E-state index contributed by atoms with van der Waals surface area (Å²) in [6, 6.07) is 4.91. The number of nitrogens with zero attached hydrogens (tertiary/aromatic N) is 1. The molecule has 0 radical (unpaired) electrons. The van der Waals surface area contributed by atoms with Crippen molar-refractivity contribution in [1.29, 1.82) is 0 Å². The van der Waals surface area contributed by atoms with Gasteiger partial charge in [0.05, 0.1) is 18.1 Å². The standard InChI is InChI=1S/C11H14N2O4/c1-11(16-5-6-17-11)8-3-4-9(12-2)10(7-8)13(14)15/h3-4,7,12H,5-6H2,1-2H3. The highest BCUT2D eigenvalue weighted by Gasteiger charge is 2.34. The molecule has 1 saturated heterocycles. The first kappa shape index (κ1) is 11.8. The van der Waals surface area contributed by atoms with Crippen molar-refractivity contribution in [2.24, 2.45) is 0 Å². The highest BCUT2D eigenvalue weighted by molar-refractivity contribution is 5.62. The molecule has 0 aliphatic carbocycles. The lowest BCUT2D eigenvalue weighted by atomic mass is 10.1. The lowest BCUT2D eigenvalue weighted by Crippen LogP contribution is -2.22. The maximum Gasteiger partial charge on any atom is 0.292 e. The largest absolute Gasteiger partial charge is 0.383 e. The molecule has 1 aromatic rings. The zero-order chi connectivity index (χ0) is 12.5. The Balaban J connectivity index is 2.43. The summed E-state index contributed by atoms with van der Waals surface area (Å²) in [4.78, 5) is 10.5. The van der Waals surface area contributed by atoms with Gasteiger partial charge in [0.1, 0.15) is 5.69 Å². The average molecular weight is 238 g/mol. The number of hydrogen-bond acceptors (Lipinski definition) is 5. The predicted octanol–water partition coefficient (Wildman–Crippen LogP) is 1.86. The van der Waals surface area contributed by atoms with Crippen LogP contribution < -0.4 is 5.32 Å². The molecule has 0 unspecified atom stereocenters. The highest BCUT2D eigenvalue weighted by Crippen LogP contribution is 2.35. The van der Waals surface area contributed by atoms with Crippen LogP contribution in [0.2, 0.25) is 0 Å². The van der Waals surface area contributed by atoms with Gasteiger partial charge in [-0.15, -0.1) is 0 Å². The van der Waals surface area contributed by atoms with Gasteiger partial charge >= 0.3 is 0 Å². The van der Waals surface area contributed by atoms with E-state index in [1.165, 1.54) is 6.07 Å². The Hall–Kier alpha value is -1.66. The highest BCUT2D eigenvalue weighted by atomic mass is 16.7. The van der Waals surface area contributed by atoms with Crippen molar-refractivity contribution in [3.8, 4) is 0 Å². The fraction of sp³-hybridized carbons (Fsp3) is 0.455. The maximum absolute atomic E-state index is 10.9. The van der Waals surface area contributed by atoms with E-state index in [4.69, 9.17) is 9.47 Å². The van der Waals surface area contributed by atoms with Crippen LogP contribution in [0.15, 0.2) is 18.2 Å². The second-order valence-electron chi connectivity index (χ2n) is 3.88. The smallest absolute Gasteiger partial charge is 0.292 e. The lowest BCUT2D eigenvalue weighted by molar-refractivity contribution is -0.384. The van der Waals surface area contributed by atoms with Crippen LogP contribution in [0.4, 0.5) is 11.4 Å². The summed E-state index contributed by atoms with van der Waals surface area (Å²) in [5.41, 5.74) is 1.14. The molecule has 92 valence electrons. The summed E-state index contributed by atoms with van der Waals surface area (Å²) in [6.45, 7) is 2.76. The quantitative estimate of drug-likeness (QED) is 0.642. The Kier molecular flexibility index (Phi) is 2.99. The number of ether oxygens (including phenoxy) is 2. The summed E-state index contributed by atoms with van der Waals surface area (Å²) in [7, 11) is 1.65. The molecular formula is C11H14N2O4. The Morgan fingerprint density at radius 2 is 2.06 bits per heavy atom. The van der Waals surface area contributed by atoms with E-state index in [-0.39, 0.29) is 5.69 Å². The summed E-state index contributed by atoms with van der Waals surface area (Å²) in [6.07, 6.45) is 0. The van der Waals surface area contributed by atoms with Crippen molar-refractivity contribution < 1.29 is 14.4 Å². The number of nitrogens with one attached hydrogen (secondary N) is 1. The fourth-order valence-electron chi connectivity index (χ4n) is 1.86. The van der Waals surface area contributed by atoms with Gasteiger partial charge < -0.3 is 14.8 Å². The van der Waals surface area contributed by atoms with Crippen molar-refractivity contribution in [3.05, 3.63) is 33.9 Å². The van der Waals surface area contributed by atoms with Gasteiger partial charge in [-0.25, -0.2) is 0 Å². The molecule has 0 aromatic heterocycles. The number of hydrogen-bond donors (Lipinski definition) is 1. The Bertz CT molecular complexity index is 441. The van der Waals surface area contributed by atoms with E-state index >= 15 is 0 Å². The van der Waals surface area contributed by atoms with Crippen LogP contribution in [0.25, 0.3) is 0 Å². The Labute approximate surface area is 98.7 Å². The summed E-state index contributed by atoms with van der Waals surface area (Å²) < 4.78 is 10.9. The fourth-order valence-corrected chi connectivity index (χ4v) is 1.86. The maximum atomic E-state index is 10.9. The third-order valence-electron chi connectivity index (χ3n) is 2.83. The predicted molar refractivity (Wildman–Crippen MR) is 61.9 cm³/mol. The summed E-state index contributed by atoms with van der Waals surface area (Å²) in [5.74, 6) is -0.878. The van der Waals surface area contributed by atoms with E-state index in [0.29, 0.717) is 24.5 Å². The zero-order valence-electron chi connectivity index (χ0n) is 9.73. The van der Waals surface area contributed by atoms with E-state index in [2.05, 4.69) is 5.32 Å². The van der Waals surface area contributed by atoms with Crippen molar-refractivity contribution in [2.75, 3.05) is 25.6 Å². The summed E-state index contributed by atoms with van der Waals surface area (Å²) in [5, 5.41) is 13.7. The number of rotatable bonds is 3. The minimum absolute atomic E-state index is 0.0188. The van der Waals surface area contributed by atoms with Gasteiger partial charge in [-0.3, -0.25) is 10.1 Å². The molecule has 0 atom stereocenters. The molecule has 0 saturated carbocycles. The third-order valence-corrected chi connectivity index (χ3v) is 2.83. The van der Waals surface area contributed by atoms with Crippen LogP contribution in [-0.4, -0.2) is 25.2 Å². The van der Waals surface area contributed by atoms with Crippen LogP contribution >= 0.6 is 0 Å². The van der Waals surface area contributed by atoms with Crippen LogP contribution in [0.5, 0.6) is 0 Å². The molecular weight excluding hydrogens is 224 g/mol. The first-order valence-electron chi connectivity index (χ1n) is 5.31. The minimum atomic E-state index is -0.878. The molecule has 0 spiro atoms. The van der Waals surface area contributed by atoms with Crippen LogP contribution in [-0.2, 0) is 15.3 Å². The second-order valence-corrected chi connectivity index (χ2v) is 3.88. The molecule has 1 aromatic carbocycles. The van der Waals surface area contributed by atoms with Crippen molar-refractivity contribution in [3.63, 3.8) is 0 Å². The van der Waals surface area contributed by atoms with E-state index in [1.54, 1.807) is 26.1 Å². The van der Waals surface area contributed by atoms with Crippen LogP contribution in [0, 0.1) is 10.1 Å². The SMILES string of the molecule is CNc1ccc(C2(C)OCCO2)cc1[N+](=O)[O-]. The number of nitro groups is 1. The number of nitro benzene ring substituents is 1. The van der Waals surface area contributed by atoms with Gasteiger partial charge in [0.2, 0.25) is 0 Å². The van der Waals surface area contributed by atoms with Crippen LogP contribution in [0.1, 0.15) is 12.5 Å². The molecule has 1 aliphatic rings. The van der Waals surface area contributed by atoms with Crippen molar-refractivity contribution in [1.82, 2.24) is 0 Å². The first-order chi connectivity index (χ1) is 8.07. The average Bonchev–Trinajstić information content (AvgIpc) is 2.76. The van der Waals surface area contributed by atoms with E-state index in [0.717, 1.165) is 0 Å². The lowest BCUT2D eigenvalue weighted by Gasteiger charge is -2.22. The molecule has 6 heteroatoms. The van der Waals surface area contributed by atoms with Gasteiger partial charge in [0.25, 0.3) is 5.69 Å². The molecule has 1 N–H and O–H groups in total. The number of benzene rings is 1. The van der Waals surface area contributed by atoms with Gasteiger partial charge in [-0.2, -0.15) is 0 Å². The molecule has 2 rings (SSSR count). The monoisotopic (exact) mass is 238 g/mol. The third kappa shape index (κ3) is 2.09. The first-order valence-corrected chi connectivity index (χ1v) is 5.31. The van der Waals surface area contributed by atoms with Gasteiger partial charge in [0, 0.05) is 18.7 Å².